The number of rotatable bonds is 5. The van der Waals surface area contributed by atoms with Gasteiger partial charge in [-0.2, -0.15) is 0 Å². The molecule has 104 valence electrons. The van der Waals surface area contributed by atoms with Gasteiger partial charge >= 0.3 is 0 Å². The molecule has 1 fully saturated rings. The largest absolute Gasteiger partial charge is 0.391 e. The smallest absolute Gasteiger partial charge is 0.220 e. The molecule has 0 heterocycles. The van der Waals surface area contributed by atoms with E-state index in [2.05, 4.69) is 19.2 Å². The Morgan fingerprint density at radius 1 is 1.28 bits per heavy atom. The van der Waals surface area contributed by atoms with E-state index in [1.165, 1.54) is 12.8 Å². The molecular formula is C14H26N2OS. The van der Waals surface area contributed by atoms with Crippen molar-refractivity contribution in [3.8, 4) is 0 Å². The van der Waals surface area contributed by atoms with Crippen molar-refractivity contribution < 1.29 is 4.79 Å². The summed E-state index contributed by atoms with van der Waals surface area (Å²) in [5.74, 6) is 0.643. The maximum atomic E-state index is 12.0. The first kappa shape index (κ1) is 15.4. The second kappa shape index (κ2) is 7.07. The topological polar surface area (TPSA) is 55.1 Å². The summed E-state index contributed by atoms with van der Waals surface area (Å²) in [7, 11) is 0. The summed E-state index contributed by atoms with van der Waals surface area (Å²) < 4.78 is 0. The van der Waals surface area contributed by atoms with Crippen molar-refractivity contribution in [1.82, 2.24) is 5.32 Å². The number of carbonyl (C=O) groups is 1. The van der Waals surface area contributed by atoms with Crippen molar-refractivity contribution in [1.29, 1.82) is 0 Å². The summed E-state index contributed by atoms with van der Waals surface area (Å²) in [6.45, 7) is 4.25. The quantitative estimate of drug-likeness (QED) is 0.596. The molecule has 0 aromatic rings. The van der Waals surface area contributed by atoms with Gasteiger partial charge in [0.2, 0.25) is 5.91 Å². The van der Waals surface area contributed by atoms with Crippen molar-refractivity contribution in [2.45, 2.75) is 70.8 Å². The molecule has 1 aliphatic carbocycles. The SMILES string of the molecule is CC(C)CCC(=O)NC1(C(N)=S)CCCCCC1. The number of hydrogen-bond acceptors (Lipinski definition) is 2. The van der Waals surface area contributed by atoms with Crippen LogP contribution in [0.25, 0.3) is 0 Å². The highest BCUT2D eigenvalue weighted by molar-refractivity contribution is 7.80. The van der Waals surface area contributed by atoms with Crippen LogP contribution >= 0.6 is 12.2 Å². The number of nitrogens with two attached hydrogens (primary N) is 1. The van der Waals surface area contributed by atoms with E-state index in [4.69, 9.17) is 18.0 Å². The predicted octanol–water partition coefficient (Wildman–Crippen LogP) is 2.92. The molecule has 1 rings (SSSR count). The molecule has 0 unspecified atom stereocenters. The maximum Gasteiger partial charge on any atom is 0.220 e. The van der Waals surface area contributed by atoms with Crippen LogP contribution in [0.15, 0.2) is 0 Å². The average molecular weight is 270 g/mol. The van der Waals surface area contributed by atoms with Crippen molar-refractivity contribution in [2.75, 3.05) is 0 Å². The standard InChI is InChI=1S/C14H26N2OS/c1-11(2)7-8-12(17)16-14(13(15)18)9-5-3-4-6-10-14/h11H,3-10H2,1-2H3,(H2,15,18)(H,16,17). The minimum atomic E-state index is -0.417. The molecule has 3 N–H and O–H groups in total. The second-order valence-electron chi connectivity index (χ2n) is 5.84. The van der Waals surface area contributed by atoms with E-state index in [9.17, 15) is 4.79 Å². The number of hydrogen-bond donors (Lipinski definition) is 2. The third kappa shape index (κ3) is 4.56. The van der Waals surface area contributed by atoms with E-state index in [0.29, 0.717) is 17.3 Å². The van der Waals surface area contributed by atoms with Gasteiger partial charge in [0.1, 0.15) is 0 Å². The summed E-state index contributed by atoms with van der Waals surface area (Å²) in [6, 6.07) is 0. The van der Waals surface area contributed by atoms with Crippen molar-refractivity contribution in [3.05, 3.63) is 0 Å². The number of nitrogens with one attached hydrogen (secondary N) is 1. The third-order valence-corrected chi connectivity index (χ3v) is 4.15. The molecule has 1 saturated carbocycles. The lowest BCUT2D eigenvalue weighted by Gasteiger charge is -2.33. The van der Waals surface area contributed by atoms with Gasteiger partial charge in [0, 0.05) is 6.42 Å². The fourth-order valence-electron chi connectivity index (χ4n) is 2.51. The van der Waals surface area contributed by atoms with Crippen LogP contribution < -0.4 is 11.1 Å². The van der Waals surface area contributed by atoms with Crippen LogP contribution in [-0.2, 0) is 4.79 Å². The Labute approximate surface area is 116 Å². The molecule has 0 aromatic heterocycles. The Bertz CT molecular complexity index is 294. The van der Waals surface area contributed by atoms with E-state index in [0.717, 1.165) is 32.1 Å². The molecule has 0 spiro atoms. The molecule has 0 radical (unpaired) electrons. The fourth-order valence-corrected chi connectivity index (χ4v) is 2.77. The normalized spacial score (nSPS) is 19.3. The zero-order valence-electron chi connectivity index (χ0n) is 11.6. The van der Waals surface area contributed by atoms with E-state index in [1.807, 2.05) is 0 Å². The minimum Gasteiger partial charge on any atom is -0.391 e. The lowest BCUT2D eigenvalue weighted by Crippen LogP contribution is -2.56. The summed E-state index contributed by atoms with van der Waals surface area (Å²) in [5.41, 5.74) is 5.48. The number of thiocarbonyl (C=S) groups is 1. The zero-order chi connectivity index (χ0) is 13.6. The van der Waals surface area contributed by atoms with Gasteiger partial charge in [0.25, 0.3) is 0 Å². The molecule has 1 aliphatic rings. The summed E-state index contributed by atoms with van der Waals surface area (Å²) in [4.78, 5) is 12.5. The molecule has 0 saturated heterocycles. The van der Waals surface area contributed by atoms with Crippen LogP contribution in [0, 0.1) is 5.92 Å². The van der Waals surface area contributed by atoms with Gasteiger partial charge in [-0.15, -0.1) is 0 Å². The molecule has 0 aliphatic heterocycles. The van der Waals surface area contributed by atoms with Crippen LogP contribution in [0.3, 0.4) is 0 Å². The molecule has 0 atom stereocenters. The van der Waals surface area contributed by atoms with Gasteiger partial charge in [-0.05, 0) is 25.2 Å². The van der Waals surface area contributed by atoms with Crippen molar-refractivity contribution in [2.24, 2.45) is 11.7 Å². The van der Waals surface area contributed by atoms with Gasteiger partial charge in [-0.25, -0.2) is 0 Å². The van der Waals surface area contributed by atoms with Gasteiger partial charge in [-0.1, -0.05) is 51.7 Å². The second-order valence-corrected chi connectivity index (χ2v) is 6.28. The highest BCUT2D eigenvalue weighted by Gasteiger charge is 2.35. The van der Waals surface area contributed by atoms with E-state index < -0.39 is 5.54 Å². The summed E-state index contributed by atoms with van der Waals surface area (Å²) in [6.07, 6.45) is 7.91. The Morgan fingerprint density at radius 2 is 1.83 bits per heavy atom. The first-order chi connectivity index (χ1) is 8.46. The molecule has 4 heteroatoms. The molecule has 18 heavy (non-hydrogen) atoms. The summed E-state index contributed by atoms with van der Waals surface area (Å²) in [5, 5.41) is 3.12. The Balaban J connectivity index is 2.61. The van der Waals surface area contributed by atoms with Crippen molar-refractivity contribution in [3.63, 3.8) is 0 Å². The Kier molecular flexibility index (Phi) is 6.06. The highest BCUT2D eigenvalue weighted by atomic mass is 32.1. The zero-order valence-corrected chi connectivity index (χ0v) is 12.4. The molecular weight excluding hydrogens is 244 g/mol. The molecule has 1 amide bonds. The molecule has 3 nitrogen and oxygen atoms in total. The first-order valence-electron chi connectivity index (χ1n) is 7.07. The highest BCUT2D eigenvalue weighted by Crippen LogP contribution is 2.27. The van der Waals surface area contributed by atoms with Gasteiger partial charge < -0.3 is 11.1 Å². The summed E-state index contributed by atoms with van der Waals surface area (Å²) >= 11 is 5.21. The average Bonchev–Trinajstić information content (AvgIpc) is 2.53. The van der Waals surface area contributed by atoms with Gasteiger partial charge in [-0.3, -0.25) is 4.79 Å². The van der Waals surface area contributed by atoms with E-state index in [1.54, 1.807) is 0 Å². The first-order valence-corrected chi connectivity index (χ1v) is 7.48. The minimum absolute atomic E-state index is 0.0957. The lowest BCUT2D eigenvalue weighted by molar-refractivity contribution is -0.122. The lowest BCUT2D eigenvalue weighted by atomic mass is 9.89. The van der Waals surface area contributed by atoms with Crippen LogP contribution in [0.1, 0.15) is 65.2 Å². The van der Waals surface area contributed by atoms with E-state index >= 15 is 0 Å². The Morgan fingerprint density at radius 3 is 2.28 bits per heavy atom. The fraction of sp³-hybridized carbons (Fsp3) is 0.857. The van der Waals surface area contributed by atoms with Crippen LogP contribution in [0.5, 0.6) is 0 Å². The van der Waals surface area contributed by atoms with Gasteiger partial charge in [0.05, 0.1) is 10.5 Å². The number of amides is 1. The predicted molar refractivity (Wildman–Crippen MR) is 79.4 cm³/mol. The molecule has 0 bridgehead atoms. The van der Waals surface area contributed by atoms with Crippen LogP contribution in [0.2, 0.25) is 0 Å². The maximum absolute atomic E-state index is 12.0. The van der Waals surface area contributed by atoms with E-state index in [-0.39, 0.29) is 5.91 Å². The third-order valence-electron chi connectivity index (χ3n) is 3.76. The number of carbonyl (C=O) groups excluding carboxylic acids is 1. The molecule has 0 aromatic carbocycles. The van der Waals surface area contributed by atoms with Crippen LogP contribution in [0.4, 0.5) is 0 Å². The van der Waals surface area contributed by atoms with Crippen LogP contribution in [-0.4, -0.2) is 16.4 Å². The van der Waals surface area contributed by atoms with Gasteiger partial charge in [0.15, 0.2) is 0 Å². The van der Waals surface area contributed by atoms with Crippen molar-refractivity contribution >= 4 is 23.1 Å². The Hall–Kier alpha value is -0.640. The monoisotopic (exact) mass is 270 g/mol.